The molecule has 2 atom stereocenters. The van der Waals surface area contributed by atoms with Crippen molar-refractivity contribution >= 4 is 5.97 Å². The van der Waals surface area contributed by atoms with Crippen molar-refractivity contribution in [2.24, 2.45) is 11.8 Å². The van der Waals surface area contributed by atoms with Gasteiger partial charge in [0.2, 0.25) is 0 Å². The van der Waals surface area contributed by atoms with Crippen molar-refractivity contribution in [1.82, 2.24) is 0 Å². The minimum Gasteiger partial charge on any atom is -0.481 e. The fourth-order valence-corrected chi connectivity index (χ4v) is 1.97. The molecule has 1 aliphatic carbocycles. The highest BCUT2D eigenvalue weighted by Gasteiger charge is 2.37. The number of aliphatic carboxylic acids is 1. The Morgan fingerprint density at radius 3 is 2.69 bits per heavy atom. The number of hydrogen-bond donors (Lipinski definition) is 1. The van der Waals surface area contributed by atoms with Crippen molar-refractivity contribution in [2.45, 2.75) is 51.9 Å². The largest absolute Gasteiger partial charge is 0.481 e. The molecule has 13 heavy (non-hydrogen) atoms. The summed E-state index contributed by atoms with van der Waals surface area (Å²) in [5.41, 5.74) is 0. The van der Waals surface area contributed by atoms with Gasteiger partial charge in [-0.25, -0.2) is 0 Å². The summed E-state index contributed by atoms with van der Waals surface area (Å²) in [6, 6.07) is 0. The van der Waals surface area contributed by atoms with Crippen LogP contribution in [0.1, 0.15) is 51.9 Å². The Morgan fingerprint density at radius 2 is 2.08 bits per heavy atom. The predicted octanol–water partition coefficient (Wildman–Crippen LogP) is 3.07. The molecule has 1 fully saturated rings. The molecule has 0 saturated heterocycles. The number of unbranched alkanes of at least 4 members (excludes halogenated alkanes) is 3. The molecule has 0 aromatic carbocycles. The minimum atomic E-state index is -0.624. The van der Waals surface area contributed by atoms with Crippen LogP contribution in [0.15, 0.2) is 0 Å². The maximum absolute atomic E-state index is 10.4. The van der Waals surface area contributed by atoms with Crippen molar-refractivity contribution in [3.05, 3.63) is 0 Å². The summed E-state index contributed by atoms with van der Waals surface area (Å²) < 4.78 is 0. The van der Waals surface area contributed by atoms with Gasteiger partial charge in [-0.2, -0.15) is 0 Å². The summed E-state index contributed by atoms with van der Waals surface area (Å²) in [7, 11) is 0. The number of carboxylic acids is 1. The zero-order valence-corrected chi connectivity index (χ0v) is 8.46. The van der Waals surface area contributed by atoms with Gasteiger partial charge < -0.3 is 5.11 Å². The van der Waals surface area contributed by atoms with Crippen LogP contribution in [0.4, 0.5) is 0 Å². The van der Waals surface area contributed by atoms with E-state index in [-0.39, 0.29) is 0 Å². The lowest BCUT2D eigenvalue weighted by molar-refractivity contribution is -0.137. The van der Waals surface area contributed by atoms with Crippen molar-refractivity contribution < 1.29 is 9.90 Å². The summed E-state index contributed by atoms with van der Waals surface area (Å²) in [5, 5.41) is 8.55. The molecular formula is C11H20O2. The van der Waals surface area contributed by atoms with Gasteiger partial charge in [-0.3, -0.25) is 4.79 Å². The van der Waals surface area contributed by atoms with Crippen LogP contribution < -0.4 is 0 Å². The van der Waals surface area contributed by atoms with Gasteiger partial charge in [-0.05, 0) is 18.3 Å². The van der Waals surface area contributed by atoms with E-state index in [1.807, 2.05) is 0 Å². The second-order valence-electron chi connectivity index (χ2n) is 4.20. The molecule has 2 nitrogen and oxygen atoms in total. The van der Waals surface area contributed by atoms with Crippen molar-refractivity contribution in [3.8, 4) is 0 Å². The van der Waals surface area contributed by atoms with Gasteiger partial charge in [0.1, 0.15) is 0 Å². The molecule has 0 heterocycles. The first-order chi connectivity index (χ1) is 6.24. The van der Waals surface area contributed by atoms with Crippen LogP contribution in [0.5, 0.6) is 0 Å². The minimum absolute atomic E-state index is 0.401. The molecule has 2 unspecified atom stereocenters. The first kappa shape index (κ1) is 10.6. The van der Waals surface area contributed by atoms with Crippen LogP contribution in [-0.4, -0.2) is 11.1 Å². The molecule has 0 radical (unpaired) electrons. The second kappa shape index (κ2) is 5.25. The number of rotatable bonds is 7. The Balaban J connectivity index is 1.92. The van der Waals surface area contributed by atoms with Gasteiger partial charge in [0, 0.05) is 6.42 Å². The van der Waals surface area contributed by atoms with E-state index in [0.717, 1.165) is 5.92 Å². The quantitative estimate of drug-likeness (QED) is 0.617. The van der Waals surface area contributed by atoms with Crippen molar-refractivity contribution in [2.75, 3.05) is 0 Å². The second-order valence-corrected chi connectivity index (χ2v) is 4.20. The lowest BCUT2D eigenvalue weighted by Crippen LogP contribution is -1.96. The van der Waals surface area contributed by atoms with E-state index in [9.17, 15) is 4.79 Å². The normalized spacial score (nSPS) is 25.9. The number of carboxylic acid groups (broad SMARTS) is 1. The van der Waals surface area contributed by atoms with Gasteiger partial charge in [0.05, 0.1) is 0 Å². The molecule has 0 aromatic rings. The van der Waals surface area contributed by atoms with E-state index in [1.165, 1.54) is 38.5 Å². The Labute approximate surface area is 80.3 Å². The number of carbonyl (C=O) groups is 1. The summed E-state index contributed by atoms with van der Waals surface area (Å²) in [6.45, 7) is 2.21. The highest BCUT2D eigenvalue weighted by molar-refractivity contribution is 5.67. The molecule has 76 valence electrons. The Hall–Kier alpha value is -0.530. The monoisotopic (exact) mass is 184 g/mol. The highest BCUT2D eigenvalue weighted by atomic mass is 16.4. The molecule has 1 aliphatic rings. The molecule has 0 aromatic heterocycles. The third-order valence-corrected chi connectivity index (χ3v) is 2.93. The smallest absolute Gasteiger partial charge is 0.303 e. The van der Waals surface area contributed by atoms with Gasteiger partial charge in [-0.15, -0.1) is 0 Å². The van der Waals surface area contributed by atoms with Gasteiger partial charge >= 0.3 is 5.97 Å². The van der Waals surface area contributed by atoms with E-state index >= 15 is 0 Å². The van der Waals surface area contributed by atoms with E-state index in [2.05, 4.69) is 6.92 Å². The van der Waals surface area contributed by atoms with E-state index in [0.29, 0.717) is 12.3 Å². The first-order valence-corrected chi connectivity index (χ1v) is 5.45. The van der Waals surface area contributed by atoms with Crippen molar-refractivity contribution in [3.63, 3.8) is 0 Å². The summed E-state index contributed by atoms with van der Waals surface area (Å²) in [5.74, 6) is 0.633. The van der Waals surface area contributed by atoms with Crippen LogP contribution in [0.3, 0.4) is 0 Å². The van der Waals surface area contributed by atoms with E-state index < -0.39 is 5.97 Å². The Bertz CT molecular complexity index is 165. The molecule has 0 spiro atoms. The number of hydrogen-bond acceptors (Lipinski definition) is 1. The molecule has 2 heteroatoms. The molecule has 0 amide bonds. The molecule has 1 saturated carbocycles. The summed E-state index contributed by atoms with van der Waals surface area (Å²) in [4.78, 5) is 10.4. The van der Waals surface area contributed by atoms with Crippen LogP contribution in [0.25, 0.3) is 0 Å². The Morgan fingerprint density at radius 1 is 1.31 bits per heavy atom. The summed E-state index contributed by atoms with van der Waals surface area (Å²) >= 11 is 0. The van der Waals surface area contributed by atoms with Crippen LogP contribution >= 0.6 is 0 Å². The molecule has 0 bridgehead atoms. The molecule has 1 rings (SSSR count). The third-order valence-electron chi connectivity index (χ3n) is 2.93. The average Bonchev–Trinajstić information content (AvgIpc) is 2.76. The van der Waals surface area contributed by atoms with Gasteiger partial charge in [0.25, 0.3) is 0 Å². The SMILES string of the molecule is CCCCCCC1CC1CC(=O)O. The summed E-state index contributed by atoms with van der Waals surface area (Å²) in [6.07, 6.45) is 8.07. The zero-order valence-electron chi connectivity index (χ0n) is 8.46. The lowest BCUT2D eigenvalue weighted by Gasteiger charge is -1.98. The van der Waals surface area contributed by atoms with Crippen LogP contribution in [-0.2, 0) is 4.79 Å². The topological polar surface area (TPSA) is 37.3 Å². The van der Waals surface area contributed by atoms with Crippen LogP contribution in [0, 0.1) is 11.8 Å². The highest BCUT2D eigenvalue weighted by Crippen LogP contribution is 2.44. The third kappa shape index (κ3) is 4.30. The molecule has 0 aliphatic heterocycles. The van der Waals surface area contributed by atoms with E-state index in [4.69, 9.17) is 5.11 Å². The standard InChI is InChI=1S/C11H20O2/c1-2-3-4-5-6-9-7-10(9)8-11(12)13/h9-10H,2-8H2,1H3,(H,12,13). The van der Waals surface area contributed by atoms with E-state index in [1.54, 1.807) is 0 Å². The lowest BCUT2D eigenvalue weighted by atomic mass is 10.1. The average molecular weight is 184 g/mol. The first-order valence-electron chi connectivity index (χ1n) is 5.45. The fraction of sp³-hybridized carbons (Fsp3) is 0.909. The Kier molecular flexibility index (Phi) is 4.26. The maximum atomic E-state index is 10.4. The van der Waals surface area contributed by atoms with Gasteiger partial charge in [0.15, 0.2) is 0 Å². The molecule has 1 N–H and O–H groups in total. The van der Waals surface area contributed by atoms with Gasteiger partial charge in [-0.1, -0.05) is 39.0 Å². The fourth-order valence-electron chi connectivity index (χ4n) is 1.97. The zero-order chi connectivity index (χ0) is 9.68. The van der Waals surface area contributed by atoms with Crippen molar-refractivity contribution in [1.29, 1.82) is 0 Å². The van der Waals surface area contributed by atoms with Crippen LogP contribution in [0.2, 0.25) is 0 Å². The molecular weight excluding hydrogens is 164 g/mol. The predicted molar refractivity (Wildman–Crippen MR) is 52.6 cm³/mol. The maximum Gasteiger partial charge on any atom is 0.303 e.